The Morgan fingerprint density at radius 2 is 2.28 bits per heavy atom. The quantitative estimate of drug-likeness (QED) is 0.813. The predicted octanol–water partition coefficient (Wildman–Crippen LogP) is 3.95. The molecule has 0 spiro atoms. The van der Waals surface area contributed by atoms with Crippen LogP contribution in [0.2, 0.25) is 5.15 Å². The Morgan fingerprint density at radius 3 is 3.06 bits per heavy atom. The van der Waals surface area contributed by atoms with E-state index in [0.717, 1.165) is 18.4 Å². The third-order valence-electron chi connectivity index (χ3n) is 3.78. The van der Waals surface area contributed by atoms with Crippen LogP contribution in [-0.4, -0.2) is 11.5 Å². The Morgan fingerprint density at radius 1 is 1.44 bits per heavy atom. The summed E-state index contributed by atoms with van der Waals surface area (Å²) in [7, 11) is 0. The molecular weight excluding hydrogens is 246 g/mol. The van der Waals surface area contributed by atoms with E-state index in [9.17, 15) is 0 Å². The number of nitrogen functional groups attached to an aromatic ring is 1. The predicted molar refractivity (Wildman–Crippen MR) is 77.9 cm³/mol. The average molecular weight is 268 g/mol. The third kappa shape index (κ3) is 3.77. The molecule has 2 atom stereocenters. The largest absolute Gasteiger partial charge is 0.396 e. The number of hydrogen-bond acceptors (Lipinski definition) is 3. The second kappa shape index (κ2) is 6.28. The van der Waals surface area contributed by atoms with E-state index in [2.05, 4.69) is 17.2 Å². The molecule has 1 saturated carbocycles. The molecule has 3 nitrogen and oxygen atoms in total. The van der Waals surface area contributed by atoms with Crippen molar-refractivity contribution in [3.05, 3.63) is 17.3 Å². The van der Waals surface area contributed by atoms with Gasteiger partial charge in [-0.1, -0.05) is 37.8 Å². The minimum atomic E-state index is 0.484. The Kier molecular flexibility index (Phi) is 4.70. The Labute approximate surface area is 114 Å². The first-order valence-corrected chi connectivity index (χ1v) is 7.19. The number of hydrogen-bond donors (Lipinski definition) is 2. The normalized spacial score (nSPS) is 23.9. The first-order chi connectivity index (χ1) is 8.65. The maximum absolute atomic E-state index is 5.86. The van der Waals surface area contributed by atoms with Crippen LogP contribution in [0, 0.1) is 11.8 Å². The van der Waals surface area contributed by atoms with Gasteiger partial charge in [-0.05, 0) is 36.8 Å². The van der Waals surface area contributed by atoms with E-state index in [1.165, 1.54) is 32.1 Å². The van der Waals surface area contributed by atoms with Crippen molar-refractivity contribution in [3.63, 3.8) is 0 Å². The molecule has 1 aromatic heterocycles. The summed E-state index contributed by atoms with van der Waals surface area (Å²) < 4.78 is 0. The lowest BCUT2D eigenvalue weighted by Crippen LogP contribution is -2.17. The molecule has 0 saturated heterocycles. The van der Waals surface area contributed by atoms with Gasteiger partial charge in [-0.2, -0.15) is 0 Å². The zero-order valence-corrected chi connectivity index (χ0v) is 11.7. The number of pyridine rings is 1. The van der Waals surface area contributed by atoms with Crippen LogP contribution >= 0.6 is 11.6 Å². The summed E-state index contributed by atoms with van der Waals surface area (Å²) in [6.45, 7) is 3.28. The molecule has 0 bridgehead atoms. The number of anilines is 2. The Balaban J connectivity index is 1.79. The van der Waals surface area contributed by atoms with Crippen LogP contribution in [0.1, 0.15) is 39.0 Å². The topological polar surface area (TPSA) is 50.9 Å². The maximum atomic E-state index is 5.86. The van der Waals surface area contributed by atoms with Gasteiger partial charge in [-0.15, -0.1) is 0 Å². The minimum Gasteiger partial charge on any atom is -0.396 e. The Hall–Kier alpha value is -0.960. The second-order valence-electron chi connectivity index (χ2n) is 5.43. The van der Waals surface area contributed by atoms with Crippen molar-refractivity contribution in [1.29, 1.82) is 0 Å². The molecule has 0 radical (unpaired) electrons. The summed E-state index contributed by atoms with van der Waals surface area (Å²) in [4.78, 5) is 4.20. The molecule has 1 aliphatic carbocycles. The van der Waals surface area contributed by atoms with Crippen molar-refractivity contribution in [1.82, 2.24) is 4.98 Å². The number of rotatable bonds is 4. The van der Waals surface area contributed by atoms with Crippen LogP contribution in [0.25, 0.3) is 0 Å². The molecule has 0 aromatic carbocycles. The highest BCUT2D eigenvalue weighted by Crippen LogP contribution is 2.30. The van der Waals surface area contributed by atoms with Crippen LogP contribution in [0.5, 0.6) is 0 Å². The van der Waals surface area contributed by atoms with Gasteiger partial charge in [0.2, 0.25) is 0 Å². The standard InChI is InChI=1S/C14H22ClN3/c1-10-3-2-4-11(9-10)7-8-17-14-12(16)5-6-13(15)18-14/h5-6,10-11H,2-4,7-9,16H2,1H3,(H,17,18). The second-order valence-corrected chi connectivity index (χ2v) is 5.81. The molecular formula is C14H22ClN3. The van der Waals surface area contributed by atoms with Crippen molar-refractivity contribution in [2.75, 3.05) is 17.6 Å². The SMILES string of the molecule is CC1CCCC(CCNc2nc(Cl)ccc2N)C1. The minimum absolute atomic E-state index is 0.484. The van der Waals surface area contributed by atoms with Gasteiger partial charge in [0.05, 0.1) is 5.69 Å². The highest BCUT2D eigenvalue weighted by atomic mass is 35.5. The summed E-state index contributed by atoms with van der Waals surface area (Å²) in [5, 5.41) is 3.78. The van der Waals surface area contributed by atoms with Crippen LogP contribution in [0.4, 0.5) is 11.5 Å². The van der Waals surface area contributed by atoms with Gasteiger partial charge in [0.15, 0.2) is 5.82 Å². The van der Waals surface area contributed by atoms with Gasteiger partial charge in [0.1, 0.15) is 5.15 Å². The molecule has 100 valence electrons. The van der Waals surface area contributed by atoms with E-state index >= 15 is 0 Å². The van der Waals surface area contributed by atoms with Crippen molar-refractivity contribution in [2.45, 2.75) is 39.0 Å². The van der Waals surface area contributed by atoms with Gasteiger partial charge in [0, 0.05) is 6.54 Å². The zero-order valence-electron chi connectivity index (χ0n) is 11.0. The number of nitrogens with one attached hydrogen (secondary N) is 1. The monoisotopic (exact) mass is 267 g/mol. The van der Waals surface area contributed by atoms with Gasteiger partial charge in [-0.3, -0.25) is 0 Å². The first-order valence-electron chi connectivity index (χ1n) is 6.81. The summed E-state index contributed by atoms with van der Waals surface area (Å²) in [6, 6.07) is 3.51. The summed E-state index contributed by atoms with van der Waals surface area (Å²) in [5.41, 5.74) is 6.51. The maximum Gasteiger partial charge on any atom is 0.150 e. The van der Waals surface area contributed by atoms with Crippen LogP contribution in [0.15, 0.2) is 12.1 Å². The van der Waals surface area contributed by atoms with Crippen LogP contribution < -0.4 is 11.1 Å². The summed E-state index contributed by atoms with van der Waals surface area (Å²) >= 11 is 5.86. The van der Waals surface area contributed by atoms with Crippen molar-refractivity contribution >= 4 is 23.1 Å². The highest BCUT2D eigenvalue weighted by molar-refractivity contribution is 6.29. The van der Waals surface area contributed by atoms with Gasteiger partial charge < -0.3 is 11.1 Å². The molecule has 3 N–H and O–H groups in total. The van der Waals surface area contributed by atoms with Gasteiger partial charge >= 0.3 is 0 Å². The summed E-state index contributed by atoms with van der Waals surface area (Å²) in [6.07, 6.45) is 6.69. The molecule has 1 fully saturated rings. The number of aromatic nitrogens is 1. The number of nitrogens with zero attached hydrogens (tertiary/aromatic N) is 1. The smallest absolute Gasteiger partial charge is 0.150 e. The fourth-order valence-electron chi connectivity index (χ4n) is 2.80. The van der Waals surface area contributed by atoms with Gasteiger partial charge in [0.25, 0.3) is 0 Å². The van der Waals surface area contributed by atoms with E-state index in [-0.39, 0.29) is 0 Å². The van der Waals surface area contributed by atoms with E-state index in [0.29, 0.717) is 16.7 Å². The molecule has 18 heavy (non-hydrogen) atoms. The molecule has 2 rings (SSSR count). The molecule has 0 amide bonds. The van der Waals surface area contributed by atoms with Crippen molar-refractivity contribution in [3.8, 4) is 0 Å². The van der Waals surface area contributed by atoms with E-state index in [4.69, 9.17) is 17.3 Å². The van der Waals surface area contributed by atoms with E-state index < -0.39 is 0 Å². The third-order valence-corrected chi connectivity index (χ3v) is 3.99. The molecule has 2 unspecified atom stereocenters. The van der Waals surface area contributed by atoms with Crippen LogP contribution in [0.3, 0.4) is 0 Å². The van der Waals surface area contributed by atoms with E-state index in [1.807, 2.05) is 0 Å². The first kappa shape index (κ1) is 13.5. The summed E-state index contributed by atoms with van der Waals surface area (Å²) in [5.74, 6) is 2.45. The number of nitrogens with two attached hydrogens (primary N) is 1. The molecule has 1 aromatic rings. The van der Waals surface area contributed by atoms with Crippen molar-refractivity contribution in [2.24, 2.45) is 11.8 Å². The number of halogens is 1. The average Bonchev–Trinajstić information content (AvgIpc) is 2.34. The molecule has 0 aliphatic heterocycles. The molecule has 1 aliphatic rings. The molecule has 4 heteroatoms. The van der Waals surface area contributed by atoms with Gasteiger partial charge in [-0.25, -0.2) is 4.98 Å². The van der Waals surface area contributed by atoms with Crippen molar-refractivity contribution < 1.29 is 0 Å². The lowest BCUT2D eigenvalue weighted by molar-refractivity contribution is 0.274. The molecule has 1 heterocycles. The lowest BCUT2D eigenvalue weighted by atomic mass is 9.81. The fourth-order valence-corrected chi connectivity index (χ4v) is 2.95. The Bertz CT molecular complexity index is 395. The lowest BCUT2D eigenvalue weighted by Gasteiger charge is -2.26. The van der Waals surface area contributed by atoms with Crippen LogP contribution in [-0.2, 0) is 0 Å². The van der Waals surface area contributed by atoms with E-state index in [1.54, 1.807) is 12.1 Å². The fraction of sp³-hybridized carbons (Fsp3) is 0.643. The zero-order chi connectivity index (χ0) is 13.0. The highest BCUT2D eigenvalue weighted by Gasteiger charge is 2.18.